The Balaban J connectivity index is 2.74. The summed E-state index contributed by atoms with van der Waals surface area (Å²) in [5.41, 5.74) is 1.29. The summed E-state index contributed by atoms with van der Waals surface area (Å²) in [6.45, 7) is 4.14. The van der Waals surface area contributed by atoms with Crippen molar-refractivity contribution < 1.29 is 0 Å². The molecule has 0 fully saturated rings. The van der Waals surface area contributed by atoms with Gasteiger partial charge in [-0.1, -0.05) is 17.9 Å². The van der Waals surface area contributed by atoms with Gasteiger partial charge in [0.05, 0.1) is 5.92 Å². The molecule has 0 aliphatic heterocycles. The van der Waals surface area contributed by atoms with E-state index in [-0.39, 0.29) is 0 Å². The van der Waals surface area contributed by atoms with Crippen LogP contribution in [-0.2, 0) is 0 Å². The Labute approximate surface area is 44.2 Å². The Morgan fingerprint density at radius 2 is 2.43 bits per heavy atom. The fraction of sp³-hybridized carbons (Fsp3) is 0.429. The van der Waals surface area contributed by atoms with Crippen LogP contribution in [0.5, 0.6) is 0 Å². The van der Waals surface area contributed by atoms with Crippen LogP contribution >= 0.6 is 0 Å². The average molecular weight is 92.1 g/mol. The highest BCUT2D eigenvalue weighted by atomic mass is 14.1. The standard InChI is InChI=1S/C7H8/c1-3-7-5-4-6(7)2/h3,6H,1-2H3. The van der Waals surface area contributed by atoms with Gasteiger partial charge in [0.25, 0.3) is 0 Å². The van der Waals surface area contributed by atoms with E-state index >= 15 is 0 Å². The molecule has 0 saturated heterocycles. The first kappa shape index (κ1) is 4.46. The van der Waals surface area contributed by atoms with Crippen LogP contribution in [0.25, 0.3) is 0 Å². The number of allylic oxidation sites excluding steroid dienone is 2. The lowest BCUT2D eigenvalue weighted by Crippen LogP contribution is -2.01. The minimum atomic E-state index is 0.546. The Hall–Kier alpha value is -0.700. The van der Waals surface area contributed by atoms with Crippen molar-refractivity contribution in [3.63, 3.8) is 0 Å². The second kappa shape index (κ2) is 1.42. The number of rotatable bonds is 0. The summed E-state index contributed by atoms with van der Waals surface area (Å²) >= 11 is 0. The van der Waals surface area contributed by atoms with Crippen LogP contribution in [0, 0.1) is 17.8 Å². The molecule has 1 aliphatic rings. The van der Waals surface area contributed by atoms with Crippen molar-refractivity contribution in [3.05, 3.63) is 11.6 Å². The van der Waals surface area contributed by atoms with E-state index in [0.29, 0.717) is 5.92 Å². The zero-order chi connectivity index (χ0) is 5.28. The van der Waals surface area contributed by atoms with Gasteiger partial charge in [-0.15, -0.1) is 0 Å². The third-order valence-electron chi connectivity index (χ3n) is 1.21. The molecule has 0 aromatic rings. The van der Waals surface area contributed by atoms with Gasteiger partial charge in [-0.25, -0.2) is 0 Å². The van der Waals surface area contributed by atoms with E-state index in [9.17, 15) is 0 Å². The number of hydrogen-bond acceptors (Lipinski definition) is 0. The van der Waals surface area contributed by atoms with Gasteiger partial charge in [-0.05, 0) is 13.8 Å². The second-order valence-corrected chi connectivity index (χ2v) is 1.74. The van der Waals surface area contributed by atoms with Crippen LogP contribution in [0.2, 0.25) is 0 Å². The first-order chi connectivity index (χ1) is 3.34. The monoisotopic (exact) mass is 92.1 g/mol. The normalized spacial score (nSPS) is 31.1. The Morgan fingerprint density at radius 3 is 2.43 bits per heavy atom. The van der Waals surface area contributed by atoms with Crippen LogP contribution in [0.3, 0.4) is 0 Å². The summed E-state index contributed by atoms with van der Waals surface area (Å²) in [5.74, 6) is 6.49. The summed E-state index contributed by atoms with van der Waals surface area (Å²) < 4.78 is 0. The van der Waals surface area contributed by atoms with E-state index in [1.165, 1.54) is 5.57 Å². The summed E-state index contributed by atoms with van der Waals surface area (Å²) in [4.78, 5) is 0. The summed E-state index contributed by atoms with van der Waals surface area (Å²) in [6.07, 6.45) is 2.07. The second-order valence-electron chi connectivity index (χ2n) is 1.74. The molecule has 36 valence electrons. The van der Waals surface area contributed by atoms with Crippen molar-refractivity contribution in [2.45, 2.75) is 13.8 Å². The molecule has 0 amide bonds. The molecular weight excluding hydrogens is 84.1 g/mol. The molecule has 1 rings (SSSR count). The van der Waals surface area contributed by atoms with E-state index in [1.54, 1.807) is 0 Å². The van der Waals surface area contributed by atoms with Crippen LogP contribution in [-0.4, -0.2) is 0 Å². The Kier molecular flexibility index (Phi) is 0.906. The molecule has 0 spiro atoms. The fourth-order valence-electron chi connectivity index (χ4n) is 0.622. The topological polar surface area (TPSA) is 0 Å². The zero-order valence-corrected chi connectivity index (χ0v) is 4.65. The highest BCUT2D eigenvalue weighted by Crippen LogP contribution is 2.14. The highest BCUT2D eigenvalue weighted by molar-refractivity contribution is 5.44. The van der Waals surface area contributed by atoms with Gasteiger partial charge in [0.2, 0.25) is 0 Å². The lowest BCUT2D eigenvalue weighted by molar-refractivity contribution is 0.899. The molecule has 0 N–H and O–H groups in total. The van der Waals surface area contributed by atoms with Crippen molar-refractivity contribution in [2.75, 3.05) is 0 Å². The van der Waals surface area contributed by atoms with E-state index in [4.69, 9.17) is 0 Å². The smallest absolute Gasteiger partial charge is 0.0503 e. The van der Waals surface area contributed by atoms with Gasteiger partial charge in [0.15, 0.2) is 0 Å². The maximum atomic E-state index is 2.99. The van der Waals surface area contributed by atoms with Gasteiger partial charge in [0, 0.05) is 5.57 Å². The van der Waals surface area contributed by atoms with Gasteiger partial charge in [-0.3, -0.25) is 0 Å². The van der Waals surface area contributed by atoms with E-state index in [2.05, 4.69) is 24.8 Å². The van der Waals surface area contributed by atoms with Crippen molar-refractivity contribution in [1.82, 2.24) is 0 Å². The number of hydrogen-bond donors (Lipinski definition) is 0. The summed E-state index contributed by atoms with van der Waals surface area (Å²) in [7, 11) is 0. The van der Waals surface area contributed by atoms with Gasteiger partial charge in [-0.2, -0.15) is 0 Å². The van der Waals surface area contributed by atoms with Crippen molar-refractivity contribution >= 4 is 0 Å². The molecule has 1 aliphatic carbocycles. The average Bonchev–Trinajstić information content (AvgIpc) is 1.65. The molecule has 0 nitrogen and oxygen atoms in total. The first-order valence-electron chi connectivity index (χ1n) is 2.52. The fourth-order valence-corrected chi connectivity index (χ4v) is 0.622. The molecule has 1 atom stereocenters. The Bertz CT molecular complexity index is 153. The molecular formula is C7H8. The molecule has 0 aromatic carbocycles. The van der Waals surface area contributed by atoms with Crippen molar-refractivity contribution in [2.24, 2.45) is 5.92 Å². The molecule has 1 unspecified atom stereocenters. The van der Waals surface area contributed by atoms with Gasteiger partial charge in [0.1, 0.15) is 0 Å². The molecule has 0 radical (unpaired) electrons. The lowest BCUT2D eigenvalue weighted by atomic mass is 9.94. The van der Waals surface area contributed by atoms with Gasteiger partial charge >= 0.3 is 0 Å². The van der Waals surface area contributed by atoms with Crippen molar-refractivity contribution in [1.29, 1.82) is 0 Å². The SMILES string of the molecule is CC=C1C#CC1C. The minimum Gasteiger partial charge on any atom is -0.0896 e. The van der Waals surface area contributed by atoms with Crippen LogP contribution in [0.4, 0.5) is 0 Å². The predicted octanol–water partition coefficient (Wildman–Crippen LogP) is 1.59. The largest absolute Gasteiger partial charge is 0.0896 e. The molecule has 0 heterocycles. The van der Waals surface area contributed by atoms with Crippen LogP contribution < -0.4 is 0 Å². The molecule has 0 saturated carbocycles. The van der Waals surface area contributed by atoms with E-state index < -0.39 is 0 Å². The minimum absolute atomic E-state index is 0.546. The zero-order valence-electron chi connectivity index (χ0n) is 4.65. The van der Waals surface area contributed by atoms with Crippen LogP contribution in [0.15, 0.2) is 11.6 Å². The van der Waals surface area contributed by atoms with E-state index in [1.807, 2.05) is 6.92 Å². The van der Waals surface area contributed by atoms with Crippen LogP contribution in [0.1, 0.15) is 13.8 Å². The molecule has 7 heavy (non-hydrogen) atoms. The Morgan fingerprint density at radius 1 is 1.71 bits per heavy atom. The summed E-state index contributed by atoms with van der Waals surface area (Å²) in [6, 6.07) is 0. The molecule has 0 bridgehead atoms. The third kappa shape index (κ3) is 0.544. The predicted molar refractivity (Wildman–Crippen MR) is 30.7 cm³/mol. The maximum Gasteiger partial charge on any atom is 0.0503 e. The highest BCUT2D eigenvalue weighted by Gasteiger charge is 2.07. The van der Waals surface area contributed by atoms with Gasteiger partial charge < -0.3 is 0 Å². The first-order valence-corrected chi connectivity index (χ1v) is 2.52. The quantitative estimate of drug-likeness (QED) is 0.398. The van der Waals surface area contributed by atoms with Crippen molar-refractivity contribution in [3.8, 4) is 11.8 Å². The molecule has 0 aromatic heterocycles. The summed E-state index contributed by atoms with van der Waals surface area (Å²) in [5, 5.41) is 0. The maximum absolute atomic E-state index is 2.99. The molecule has 0 heteroatoms. The van der Waals surface area contributed by atoms with E-state index in [0.717, 1.165) is 0 Å². The lowest BCUT2D eigenvalue weighted by Gasteiger charge is -2.08. The third-order valence-corrected chi connectivity index (χ3v) is 1.21.